The molecular formula is C12H20O. The van der Waals surface area contributed by atoms with Crippen molar-refractivity contribution in [3.05, 3.63) is 36.0 Å². The summed E-state index contributed by atoms with van der Waals surface area (Å²) in [5.74, 6) is 0. The Morgan fingerprint density at radius 2 is 2.08 bits per heavy atom. The van der Waals surface area contributed by atoms with Gasteiger partial charge in [-0.25, -0.2) is 0 Å². The molecule has 0 aromatic heterocycles. The number of allylic oxidation sites excluding steroid dienone is 4. The fraction of sp³-hybridized carbons (Fsp3) is 0.500. The summed E-state index contributed by atoms with van der Waals surface area (Å²) < 4.78 is 5.21. The standard InChI is InChI=1S/C12H20O/c1-5-13-10-9-12(4)8-6-7-11(2)3/h6-7,9H,2,5,8,10H2,1,3-4H3. The predicted octanol–water partition coefficient (Wildman–Crippen LogP) is 3.49. The summed E-state index contributed by atoms with van der Waals surface area (Å²) >= 11 is 0. The van der Waals surface area contributed by atoms with Gasteiger partial charge in [0.2, 0.25) is 0 Å². The molecule has 0 radical (unpaired) electrons. The molecule has 0 rings (SSSR count). The molecule has 1 nitrogen and oxygen atoms in total. The Hall–Kier alpha value is -0.820. The summed E-state index contributed by atoms with van der Waals surface area (Å²) in [6.07, 6.45) is 7.27. The van der Waals surface area contributed by atoms with E-state index in [9.17, 15) is 0 Å². The van der Waals surface area contributed by atoms with Gasteiger partial charge in [0.05, 0.1) is 6.61 Å². The van der Waals surface area contributed by atoms with Crippen molar-refractivity contribution in [1.29, 1.82) is 0 Å². The summed E-state index contributed by atoms with van der Waals surface area (Å²) in [5, 5.41) is 0. The van der Waals surface area contributed by atoms with E-state index in [1.165, 1.54) is 5.57 Å². The zero-order chi connectivity index (χ0) is 10.1. The van der Waals surface area contributed by atoms with Gasteiger partial charge in [-0.05, 0) is 27.2 Å². The summed E-state index contributed by atoms with van der Waals surface area (Å²) in [6.45, 7) is 11.4. The Balaban J connectivity index is 3.66. The van der Waals surface area contributed by atoms with Crippen LogP contribution in [-0.2, 0) is 4.74 Å². The number of hydrogen-bond donors (Lipinski definition) is 0. The molecular weight excluding hydrogens is 160 g/mol. The highest BCUT2D eigenvalue weighted by molar-refractivity contribution is 5.14. The van der Waals surface area contributed by atoms with Crippen LogP contribution in [0.3, 0.4) is 0 Å². The average molecular weight is 180 g/mol. The van der Waals surface area contributed by atoms with Crippen molar-refractivity contribution in [3.63, 3.8) is 0 Å². The van der Waals surface area contributed by atoms with Crippen molar-refractivity contribution in [2.24, 2.45) is 0 Å². The normalized spacial score (nSPS) is 12.4. The third-order valence-electron chi connectivity index (χ3n) is 1.60. The Bertz CT molecular complexity index is 199. The molecule has 0 amide bonds. The van der Waals surface area contributed by atoms with E-state index in [1.807, 2.05) is 19.9 Å². The van der Waals surface area contributed by atoms with Crippen molar-refractivity contribution >= 4 is 0 Å². The molecule has 0 fully saturated rings. The van der Waals surface area contributed by atoms with Gasteiger partial charge in [-0.15, -0.1) is 0 Å². The molecule has 1 heteroatoms. The Kier molecular flexibility index (Phi) is 7.32. The highest BCUT2D eigenvalue weighted by Crippen LogP contribution is 2.02. The predicted molar refractivity (Wildman–Crippen MR) is 58.8 cm³/mol. The van der Waals surface area contributed by atoms with Crippen LogP contribution in [0.15, 0.2) is 36.0 Å². The van der Waals surface area contributed by atoms with Gasteiger partial charge < -0.3 is 4.74 Å². The van der Waals surface area contributed by atoms with Gasteiger partial charge in [-0.3, -0.25) is 0 Å². The maximum Gasteiger partial charge on any atom is 0.0649 e. The van der Waals surface area contributed by atoms with E-state index in [4.69, 9.17) is 4.74 Å². The van der Waals surface area contributed by atoms with Gasteiger partial charge in [0.1, 0.15) is 0 Å². The second kappa shape index (κ2) is 7.81. The molecule has 0 heterocycles. The van der Waals surface area contributed by atoms with Crippen LogP contribution in [-0.4, -0.2) is 13.2 Å². The molecule has 0 N–H and O–H groups in total. The lowest BCUT2D eigenvalue weighted by atomic mass is 10.2. The monoisotopic (exact) mass is 180 g/mol. The Labute approximate surface area is 81.8 Å². The van der Waals surface area contributed by atoms with Gasteiger partial charge in [0.15, 0.2) is 0 Å². The third-order valence-corrected chi connectivity index (χ3v) is 1.60. The van der Waals surface area contributed by atoms with Crippen molar-refractivity contribution in [1.82, 2.24) is 0 Å². The minimum absolute atomic E-state index is 0.725. The van der Waals surface area contributed by atoms with Crippen molar-refractivity contribution in [2.45, 2.75) is 27.2 Å². The van der Waals surface area contributed by atoms with E-state index >= 15 is 0 Å². The first-order valence-corrected chi connectivity index (χ1v) is 4.72. The fourth-order valence-electron chi connectivity index (χ4n) is 0.848. The summed E-state index contributed by atoms with van der Waals surface area (Å²) in [6, 6.07) is 0. The summed E-state index contributed by atoms with van der Waals surface area (Å²) in [4.78, 5) is 0. The van der Waals surface area contributed by atoms with Crippen molar-refractivity contribution < 1.29 is 4.74 Å². The van der Waals surface area contributed by atoms with Crippen molar-refractivity contribution in [3.8, 4) is 0 Å². The third kappa shape index (κ3) is 9.09. The molecule has 13 heavy (non-hydrogen) atoms. The van der Waals surface area contributed by atoms with E-state index in [2.05, 4.69) is 25.7 Å². The van der Waals surface area contributed by atoms with Gasteiger partial charge in [-0.2, -0.15) is 0 Å². The molecule has 0 aromatic carbocycles. The quantitative estimate of drug-likeness (QED) is 0.345. The van der Waals surface area contributed by atoms with Crippen LogP contribution in [0.4, 0.5) is 0 Å². The average Bonchev–Trinajstić information content (AvgIpc) is 2.04. The van der Waals surface area contributed by atoms with Gasteiger partial charge in [0, 0.05) is 6.61 Å². The molecule has 0 unspecified atom stereocenters. The molecule has 0 atom stereocenters. The molecule has 0 aliphatic rings. The van der Waals surface area contributed by atoms with E-state index < -0.39 is 0 Å². The van der Waals surface area contributed by atoms with Crippen LogP contribution < -0.4 is 0 Å². The van der Waals surface area contributed by atoms with Crippen LogP contribution >= 0.6 is 0 Å². The molecule has 0 aromatic rings. The molecule has 0 bridgehead atoms. The van der Waals surface area contributed by atoms with Gasteiger partial charge in [0.25, 0.3) is 0 Å². The highest BCUT2D eigenvalue weighted by Gasteiger charge is 1.85. The fourth-order valence-corrected chi connectivity index (χ4v) is 0.848. The molecule has 0 spiro atoms. The topological polar surface area (TPSA) is 9.23 Å². The highest BCUT2D eigenvalue weighted by atomic mass is 16.5. The smallest absolute Gasteiger partial charge is 0.0649 e. The van der Waals surface area contributed by atoms with E-state index in [0.717, 1.165) is 25.2 Å². The van der Waals surface area contributed by atoms with Crippen LogP contribution in [0.5, 0.6) is 0 Å². The summed E-state index contributed by atoms with van der Waals surface area (Å²) in [5.41, 5.74) is 2.43. The molecule has 0 saturated carbocycles. The molecule has 0 saturated heterocycles. The first-order valence-electron chi connectivity index (χ1n) is 4.72. The van der Waals surface area contributed by atoms with Gasteiger partial charge in [-0.1, -0.05) is 36.0 Å². The van der Waals surface area contributed by atoms with Crippen LogP contribution in [0.25, 0.3) is 0 Å². The Morgan fingerprint density at radius 1 is 1.38 bits per heavy atom. The van der Waals surface area contributed by atoms with E-state index in [-0.39, 0.29) is 0 Å². The SMILES string of the molecule is C=C(C)C=CCC(C)=CCOCC. The maximum absolute atomic E-state index is 5.21. The second-order valence-electron chi connectivity index (χ2n) is 3.16. The van der Waals surface area contributed by atoms with Crippen LogP contribution in [0.2, 0.25) is 0 Å². The minimum Gasteiger partial charge on any atom is -0.378 e. The molecule has 0 aliphatic carbocycles. The lowest BCUT2D eigenvalue weighted by Crippen LogP contribution is -1.89. The van der Waals surface area contributed by atoms with Crippen LogP contribution in [0, 0.1) is 0 Å². The first kappa shape index (κ1) is 12.2. The zero-order valence-electron chi connectivity index (χ0n) is 8.97. The zero-order valence-corrected chi connectivity index (χ0v) is 8.97. The number of ether oxygens (including phenoxy) is 1. The minimum atomic E-state index is 0.725. The lowest BCUT2D eigenvalue weighted by Gasteiger charge is -1.97. The second-order valence-corrected chi connectivity index (χ2v) is 3.16. The number of hydrogen-bond acceptors (Lipinski definition) is 1. The maximum atomic E-state index is 5.21. The Morgan fingerprint density at radius 3 is 2.62 bits per heavy atom. The van der Waals surface area contributed by atoms with Crippen LogP contribution in [0.1, 0.15) is 27.2 Å². The van der Waals surface area contributed by atoms with E-state index in [0.29, 0.717) is 0 Å². The molecule has 74 valence electrons. The lowest BCUT2D eigenvalue weighted by molar-refractivity contribution is 0.177. The van der Waals surface area contributed by atoms with E-state index in [1.54, 1.807) is 0 Å². The van der Waals surface area contributed by atoms with Gasteiger partial charge >= 0.3 is 0 Å². The largest absolute Gasteiger partial charge is 0.378 e. The summed E-state index contributed by atoms with van der Waals surface area (Å²) in [7, 11) is 0. The number of rotatable bonds is 6. The first-order chi connectivity index (χ1) is 6.16. The molecule has 0 aliphatic heterocycles. The van der Waals surface area contributed by atoms with Crippen molar-refractivity contribution in [2.75, 3.05) is 13.2 Å².